The number of anilines is 1. The molecule has 1 atom stereocenters. The molecule has 3 heterocycles. The molecule has 0 aliphatic heterocycles. The van der Waals surface area contributed by atoms with Crippen molar-refractivity contribution in [3.05, 3.63) is 88.3 Å². The van der Waals surface area contributed by atoms with Crippen LogP contribution in [0.3, 0.4) is 0 Å². The summed E-state index contributed by atoms with van der Waals surface area (Å²) in [6.07, 6.45) is 3.04. The SMILES string of the molecule is C[C@H](Nc1ncnc2nc[nH]c12)c1cc2cccc(Cl)c2c(=O)n1-c1ccccc1.O. The van der Waals surface area contributed by atoms with Gasteiger partial charge < -0.3 is 15.8 Å². The third-order valence-corrected chi connectivity index (χ3v) is 5.37. The number of aromatic amines is 1. The normalized spacial score (nSPS) is 11.9. The quantitative estimate of drug-likeness (QED) is 0.447. The van der Waals surface area contributed by atoms with E-state index in [0.717, 1.165) is 16.8 Å². The van der Waals surface area contributed by atoms with Crippen LogP contribution >= 0.6 is 11.6 Å². The molecule has 156 valence electrons. The van der Waals surface area contributed by atoms with E-state index in [1.54, 1.807) is 17.0 Å². The molecule has 0 aliphatic carbocycles. The molecule has 0 amide bonds. The van der Waals surface area contributed by atoms with Gasteiger partial charge in [0, 0.05) is 11.4 Å². The third-order valence-electron chi connectivity index (χ3n) is 5.06. The van der Waals surface area contributed by atoms with Gasteiger partial charge in [0.25, 0.3) is 5.56 Å². The maximum atomic E-state index is 13.5. The molecule has 31 heavy (non-hydrogen) atoms. The van der Waals surface area contributed by atoms with Gasteiger partial charge in [-0.1, -0.05) is 41.9 Å². The average molecular weight is 435 g/mol. The molecule has 0 saturated carbocycles. The number of H-pyrrole nitrogens is 1. The Labute approximate surface area is 181 Å². The van der Waals surface area contributed by atoms with E-state index in [0.29, 0.717) is 27.4 Å². The molecular weight excluding hydrogens is 416 g/mol. The fourth-order valence-corrected chi connectivity index (χ4v) is 3.92. The van der Waals surface area contributed by atoms with E-state index in [1.807, 2.05) is 55.5 Å². The number of aromatic nitrogens is 5. The van der Waals surface area contributed by atoms with Crippen LogP contribution in [0.1, 0.15) is 18.7 Å². The first-order valence-corrected chi connectivity index (χ1v) is 9.81. The molecule has 9 heteroatoms. The Morgan fingerprint density at radius 2 is 1.87 bits per heavy atom. The van der Waals surface area contributed by atoms with Gasteiger partial charge in [-0.3, -0.25) is 9.36 Å². The number of nitrogens with one attached hydrogen (secondary N) is 2. The zero-order valence-corrected chi connectivity index (χ0v) is 17.3. The van der Waals surface area contributed by atoms with Crippen LogP contribution in [0.4, 0.5) is 5.82 Å². The highest BCUT2D eigenvalue weighted by molar-refractivity contribution is 6.35. The van der Waals surface area contributed by atoms with Gasteiger partial charge in [0.15, 0.2) is 11.5 Å². The van der Waals surface area contributed by atoms with Crippen LogP contribution in [0.15, 0.2) is 72.0 Å². The van der Waals surface area contributed by atoms with E-state index < -0.39 is 0 Å². The zero-order chi connectivity index (χ0) is 20.7. The van der Waals surface area contributed by atoms with Crippen molar-refractivity contribution in [3.63, 3.8) is 0 Å². The van der Waals surface area contributed by atoms with Crippen LogP contribution in [-0.4, -0.2) is 30.0 Å². The number of para-hydroxylation sites is 1. The summed E-state index contributed by atoms with van der Waals surface area (Å²) in [6.45, 7) is 1.98. The van der Waals surface area contributed by atoms with Crippen LogP contribution in [0.25, 0.3) is 27.6 Å². The fourth-order valence-electron chi connectivity index (χ4n) is 3.66. The van der Waals surface area contributed by atoms with Gasteiger partial charge in [0.05, 0.1) is 22.8 Å². The Bertz CT molecular complexity index is 1430. The van der Waals surface area contributed by atoms with Gasteiger partial charge in [0.2, 0.25) is 0 Å². The first-order valence-electron chi connectivity index (χ1n) is 9.43. The van der Waals surface area contributed by atoms with Crippen LogP contribution in [0.2, 0.25) is 5.02 Å². The molecule has 5 aromatic rings. The molecule has 0 unspecified atom stereocenters. The number of fused-ring (bicyclic) bond motifs is 2. The molecule has 8 nitrogen and oxygen atoms in total. The average Bonchev–Trinajstić information content (AvgIpc) is 3.24. The minimum absolute atomic E-state index is 0. The molecule has 2 aromatic carbocycles. The maximum absolute atomic E-state index is 13.5. The van der Waals surface area contributed by atoms with Crippen molar-refractivity contribution >= 4 is 39.4 Å². The fraction of sp³-hybridized carbons (Fsp3) is 0.0909. The monoisotopic (exact) mass is 434 g/mol. The summed E-state index contributed by atoms with van der Waals surface area (Å²) in [4.78, 5) is 29.2. The summed E-state index contributed by atoms with van der Waals surface area (Å²) in [6, 6.07) is 16.7. The maximum Gasteiger partial charge on any atom is 0.264 e. The number of hydrogen-bond acceptors (Lipinski definition) is 5. The van der Waals surface area contributed by atoms with E-state index in [-0.39, 0.29) is 17.1 Å². The van der Waals surface area contributed by atoms with Gasteiger partial charge in [-0.2, -0.15) is 0 Å². The van der Waals surface area contributed by atoms with Crippen LogP contribution in [0.5, 0.6) is 0 Å². The Hall–Kier alpha value is -3.75. The Morgan fingerprint density at radius 3 is 2.68 bits per heavy atom. The van der Waals surface area contributed by atoms with Gasteiger partial charge in [-0.15, -0.1) is 0 Å². The lowest BCUT2D eigenvalue weighted by molar-refractivity contribution is 0.774. The molecule has 0 aliphatic rings. The summed E-state index contributed by atoms with van der Waals surface area (Å²) < 4.78 is 1.69. The van der Waals surface area contributed by atoms with Crippen molar-refractivity contribution in [3.8, 4) is 5.69 Å². The smallest absolute Gasteiger partial charge is 0.264 e. The summed E-state index contributed by atoms with van der Waals surface area (Å²) in [5.41, 5.74) is 2.67. The van der Waals surface area contributed by atoms with Crippen molar-refractivity contribution in [1.82, 2.24) is 24.5 Å². The molecular formula is C22H19ClN6O2. The second kappa shape index (κ2) is 8.17. The standard InChI is InChI=1S/C22H17ClN6O.H2O/c1-13(28-21-19-20(25-11-24-19)26-12-27-21)17-10-14-6-5-9-16(23)18(14)22(30)29(17)15-7-3-2-4-8-15;/h2-13H,1H3,(H2,24,25,26,27,28);1H2/t13-;/m0./s1. The van der Waals surface area contributed by atoms with E-state index in [2.05, 4.69) is 25.3 Å². The second-order valence-electron chi connectivity index (χ2n) is 6.94. The highest BCUT2D eigenvalue weighted by atomic mass is 35.5. The predicted molar refractivity (Wildman–Crippen MR) is 122 cm³/mol. The summed E-state index contributed by atoms with van der Waals surface area (Å²) in [5, 5.41) is 5.11. The molecule has 0 radical (unpaired) electrons. The van der Waals surface area contributed by atoms with Gasteiger partial charge in [-0.25, -0.2) is 15.0 Å². The second-order valence-corrected chi connectivity index (χ2v) is 7.35. The van der Waals surface area contributed by atoms with Crippen LogP contribution in [-0.2, 0) is 0 Å². The van der Waals surface area contributed by atoms with E-state index in [1.165, 1.54) is 6.33 Å². The van der Waals surface area contributed by atoms with Crippen LogP contribution < -0.4 is 10.9 Å². The number of nitrogens with zero attached hydrogens (tertiary/aromatic N) is 4. The number of hydrogen-bond donors (Lipinski definition) is 2. The highest BCUT2D eigenvalue weighted by Gasteiger charge is 2.19. The number of pyridine rings is 1. The zero-order valence-electron chi connectivity index (χ0n) is 16.5. The lowest BCUT2D eigenvalue weighted by Crippen LogP contribution is -2.25. The van der Waals surface area contributed by atoms with Crippen molar-refractivity contribution in [2.45, 2.75) is 13.0 Å². The first kappa shape index (κ1) is 20.5. The predicted octanol–water partition coefficient (Wildman–Crippen LogP) is 3.66. The van der Waals surface area contributed by atoms with Gasteiger partial charge >= 0.3 is 0 Å². The lowest BCUT2D eigenvalue weighted by atomic mass is 10.1. The minimum Gasteiger partial charge on any atom is -0.412 e. The van der Waals surface area contributed by atoms with Crippen molar-refractivity contribution < 1.29 is 5.48 Å². The number of benzene rings is 2. The summed E-state index contributed by atoms with van der Waals surface area (Å²) in [5.74, 6) is 0.614. The Kier molecular flexibility index (Phi) is 5.41. The van der Waals surface area contributed by atoms with Crippen LogP contribution in [0, 0.1) is 0 Å². The Morgan fingerprint density at radius 1 is 1.06 bits per heavy atom. The third kappa shape index (κ3) is 3.52. The molecule has 3 aromatic heterocycles. The topological polar surface area (TPSA) is 120 Å². The van der Waals surface area contributed by atoms with Gasteiger partial charge in [0.1, 0.15) is 11.8 Å². The van der Waals surface area contributed by atoms with Crippen molar-refractivity contribution in [2.24, 2.45) is 0 Å². The molecule has 0 spiro atoms. The van der Waals surface area contributed by atoms with E-state index in [4.69, 9.17) is 11.6 Å². The molecule has 0 fully saturated rings. The number of halogens is 1. The Balaban J connectivity index is 0.00000231. The first-order chi connectivity index (χ1) is 14.6. The van der Waals surface area contributed by atoms with Crippen molar-refractivity contribution in [2.75, 3.05) is 5.32 Å². The molecule has 0 saturated heterocycles. The van der Waals surface area contributed by atoms with E-state index in [9.17, 15) is 4.79 Å². The number of rotatable bonds is 4. The minimum atomic E-state index is -0.248. The largest absolute Gasteiger partial charge is 0.412 e. The summed E-state index contributed by atoms with van der Waals surface area (Å²) >= 11 is 6.38. The molecule has 0 bridgehead atoms. The highest BCUT2D eigenvalue weighted by Crippen LogP contribution is 2.27. The summed E-state index contributed by atoms with van der Waals surface area (Å²) in [7, 11) is 0. The van der Waals surface area contributed by atoms with E-state index >= 15 is 0 Å². The molecule has 4 N–H and O–H groups in total. The molecule has 5 rings (SSSR count). The van der Waals surface area contributed by atoms with Crippen molar-refractivity contribution in [1.29, 1.82) is 0 Å². The lowest BCUT2D eigenvalue weighted by Gasteiger charge is -2.21. The number of imidazole rings is 1. The van der Waals surface area contributed by atoms with Gasteiger partial charge in [-0.05, 0) is 36.6 Å².